The zero-order valence-electron chi connectivity index (χ0n) is 11.9. The quantitative estimate of drug-likeness (QED) is 0.680. The summed E-state index contributed by atoms with van der Waals surface area (Å²) in [6.45, 7) is 2.77. The SMILES string of the molecule is [3H]CC(C)(C)OC(=O)C(Oc1ccc(Cl)cc1Cl)C(=O)O. The standard InChI is InChI=1S/C13H14Cl2O5/c1-13(2,3)20-12(18)10(11(16)17)19-9-5-4-7(14)6-8(9)15/h4-6,10H,1-3H3,(H,16,17)/i1T. The molecular formula is C13H14Cl2O5. The molecule has 7 heteroatoms. The summed E-state index contributed by atoms with van der Waals surface area (Å²) in [6, 6.07) is 4.15. The number of carboxylic acid groups (broad SMARTS) is 1. The highest BCUT2D eigenvalue weighted by atomic mass is 35.5. The minimum absolute atomic E-state index is 0.00547. The molecule has 0 spiro atoms. The number of halogens is 2. The molecule has 0 aliphatic rings. The van der Waals surface area contributed by atoms with Gasteiger partial charge < -0.3 is 14.6 Å². The summed E-state index contributed by atoms with van der Waals surface area (Å²) < 4.78 is 17.3. The number of rotatable bonds is 4. The molecule has 5 nitrogen and oxygen atoms in total. The first-order valence-electron chi connectivity index (χ1n) is 6.23. The van der Waals surface area contributed by atoms with Crippen molar-refractivity contribution in [3.8, 4) is 5.75 Å². The molecule has 1 aromatic rings. The van der Waals surface area contributed by atoms with Crippen molar-refractivity contribution < 1.29 is 25.5 Å². The highest BCUT2D eigenvalue weighted by Crippen LogP contribution is 2.28. The first-order chi connectivity index (χ1) is 9.66. The van der Waals surface area contributed by atoms with Crippen molar-refractivity contribution in [2.24, 2.45) is 0 Å². The summed E-state index contributed by atoms with van der Waals surface area (Å²) >= 11 is 11.6. The minimum atomic E-state index is -1.88. The molecule has 0 aliphatic carbocycles. The number of carboxylic acids is 1. The molecule has 0 amide bonds. The Morgan fingerprint density at radius 2 is 2.05 bits per heavy atom. The van der Waals surface area contributed by atoms with Crippen molar-refractivity contribution in [1.82, 2.24) is 0 Å². The van der Waals surface area contributed by atoms with Crippen LogP contribution in [-0.4, -0.2) is 28.8 Å². The Bertz CT molecular complexity index is 547. The summed E-state index contributed by atoms with van der Waals surface area (Å²) in [5.74, 6) is -2.63. The molecule has 0 aromatic heterocycles. The maximum absolute atomic E-state index is 11.9. The third-order valence-corrected chi connectivity index (χ3v) is 2.48. The Balaban J connectivity index is 2.92. The van der Waals surface area contributed by atoms with Gasteiger partial charge in [0.05, 0.1) is 5.02 Å². The molecule has 1 N–H and O–H groups in total. The number of benzene rings is 1. The smallest absolute Gasteiger partial charge is 0.359 e. The lowest BCUT2D eigenvalue weighted by Crippen LogP contribution is -2.40. The van der Waals surface area contributed by atoms with Crippen molar-refractivity contribution in [1.29, 1.82) is 0 Å². The van der Waals surface area contributed by atoms with Gasteiger partial charge in [-0.3, -0.25) is 0 Å². The van der Waals surface area contributed by atoms with E-state index in [0.717, 1.165) is 0 Å². The van der Waals surface area contributed by atoms with Crippen LogP contribution < -0.4 is 4.74 Å². The third-order valence-electron chi connectivity index (χ3n) is 1.95. The molecule has 110 valence electrons. The normalized spacial score (nSPS) is 13.3. The summed E-state index contributed by atoms with van der Waals surface area (Å²) in [4.78, 5) is 23.0. The van der Waals surface area contributed by atoms with Crippen molar-refractivity contribution in [3.63, 3.8) is 0 Å². The third kappa shape index (κ3) is 4.90. The van der Waals surface area contributed by atoms with Gasteiger partial charge in [-0.05, 0) is 38.9 Å². The molecule has 0 fully saturated rings. The zero-order chi connectivity index (χ0) is 16.2. The van der Waals surface area contributed by atoms with E-state index in [0.29, 0.717) is 5.02 Å². The van der Waals surface area contributed by atoms with E-state index in [1.54, 1.807) is 0 Å². The Labute approximate surface area is 127 Å². The summed E-state index contributed by atoms with van der Waals surface area (Å²) in [5.41, 5.74) is -1.11. The first-order valence-corrected chi connectivity index (χ1v) is 6.28. The minimum Gasteiger partial charge on any atom is -0.478 e. The maximum atomic E-state index is 11.9. The zero-order valence-corrected chi connectivity index (χ0v) is 12.4. The number of aliphatic carboxylic acids is 1. The number of esters is 1. The van der Waals surface area contributed by atoms with Gasteiger partial charge >= 0.3 is 11.9 Å². The second-order valence-electron chi connectivity index (χ2n) is 4.59. The Kier molecular flexibility index (Phi) is 4.73. The van der Waals surface area contributed by atoms with E-state index in [-0.39, 0.29) is 17.7 Å². The van der Waals surface area contributed by atoms with Gasteiger partial charge in [0.2, 0.25) is 0 Å². The molecule has 1 atom stereocenters. The number of hydrogen-bond acceptors (Lipinski definition) is 4. The number of carbonyl (C=O) groups excluding carboxylic acids is 1. The highest BCUT2D eigenvalue weighted by Gasteiger charge is 2.33. The van der Waals surface area contributed by atoms with Crippen molar-refractivity contribution >= 4 is 35.1 Å². The van der Waals surface area contributed by atoms with Crippen molar-refractivity contribution in [3.05, 3.63) is 28.2 Å². The molecule has 0 saturated heterocycles. The molecule has 0 bridgehead atoms. The molecule has 1 aromatic carbocycles. The van der Waals surface area contributed by atoms with Gasteiger partial charge in [0, 0.05) is 6.39 Å². The molecule has 0 radical (unpaired) electrons. The van der Waals surface area contributed by atoms with Crippen LogP contribution in [0.25, 0.3) is 0 Å². The lowest BCUT2D eigenvalue weighted by atomic mass is 10.2. The fourth-order valence-corrected chi connectivity index (χ4v) is 1.68. The van der Waals surface area contributed by atoms with Gasteiger partial charge in [-0.15, -0.1) is 0 Å². The van der Waals surface area contributed by atoms with E-state index in [4.69, 9.17) is 39.2 Å². The molecule has 1 unspecified atom stereocenters. The average molecular weight is 323 g/mol. The predicted molar refractivity (Wildman–Crippen MR) is 74.4 cm³/mol. The van der Waals surface area contributed by atoms with Crippen molar-refractivity contribution in [2.45, 2.75) is 32.5 Å². The highest BCUT2D eigenvalue weighted by molar-refractivity contribution is 6.35. The van der Waals surface area contributed by atoms with E-state index >= 15 is 0 Å². The molecule has 0 heterocycles. The monoisotopic (exact) mass is 322 g/mol. The predicted octanol–water partition coefficient (Wildman–Crippen LogP) is 3.17. The summed E-state index contributed by atoms with van der Waals surface area (Å²) in [7, 11) is 0. The lowest BCUT2D eigenvalue weighted by Gasteiger charge is -2.22. The number of carbonyl (C=O) groups is 2. The van der Waals surface area contributed by atoms with E-state index in [2.05, 4.69) is 0 Å². The fraction of sp³-hybridized carbons (Fsp3) is 0.385. The van der Waals surface area contributed by atoms with Crippen LogP contribution in [0, 0.1) is 0 Å². The maximum Gasteiger partial charge on any atom is 0.359 e. The lowest BCUT2D eigenvalue weighted by molar-refractivity contribution is -0.171. The topological polar surface area (TPSA) is 72.8 Å². The average Bonchev–Trinajstić information content (AvgIpc) is 2.36. The second-order valence-corrected chi connectivity index (χ2v) is 5.44. The van der Waals surface area contributed by atoms with Crippen LogP contribution >= 0.6 is 23.2 Å². The van der Waals surface area contributed by atoms with Gasteiger partial charge in [-0.1, -0.05) is 23.2 Å². The van der Waals surface area contributed by atoms with Gasteiger partial charge in [0.1, 0.15) is 11.4 Å². The molecule has 0 saturated carbocycles. The Morgan fingerprint density at radius 1 is 1.40 bits per heavy atom. The first kappa shape index (κ1) is 14.9. The van der Waals surface area contributed by atoms with Crippen LogP contribution in [0.15, 0.2) is 18.2 Å². The number of hydrogen-bond donors (Lipinski definition) is 1. The van der Waals surface area contributed by atoms with Crippen LogP contribution in [-0.2, 0) is 14.3 Å². The van der Waals surface area contributed by atoms with Gasteiger partial charge in [0.15, 0.2) is 0 Å². The molecule has 0 aliphatic heterocycles. The van der Waals surface area contributed by atoms with Crippen LogP contribution in [0.1, 0.15) is 22.1 Å². The van der Waals surface area contributed by atoms with Gasteiger partial charge in [0.25, 0.3) is 6.10 Å². The van der Waals surface area contributed by atoms with E-state index in [1.807, 2.05) is 0 Å². The molecule has 20 heavy (non-hydrogen) atoms. The van der Waals surface area contributed by atoms with Crippen LogP contribution in [0.5, 0.6) is 5.75 Å². The van der Waals surface area contributed by atoms with E-state index in [1.165, 1.54) is 32.0 Å². The Hall–Kier alpha value is -1.46. The Morgan fingerprint density at radius 3 is 2.55 bits per heavy atom. The van der Waals surface area contributed by atoms with Gasteiger partial charge in [-0.25, -0.2) is 9.59 Å². The molecular weight excluding hydrogens is 307 g/mol. The van der Waals surface area contributed by atoms with E-state index < -0.39 is 23.6 Å². The number of ether oxygens (including phenoxy) is 2. The van der Waals surface area contributed by atoms with Crippen molar-refractivity contribution in [2.75, 3.05) is 0 Å². The summed E-state index contributed by atoms with van der Waals surface area (Å²) in [5, 5.41) is 9.49. The second kappa shape index (κ2) is 6.33. The van der Waals surface area contributed by atoms with Gasteiger partial charge in [-0.2, -0.15) is 0 Å². The largest absolute Gasteiger partial charge is 0.478 e. The van der Waals surface area contributed by atoms with Crippen LogP contribution in [0.2, 0.25) is 10.0 Å². The molecule has 1 rings (SSSR count). The fourth-order valence-electron chi connectivity index (χ4n) is 1.22. The van der Waals surface area contributed by atoms with Crippen LogP contribution in [0.3, 0.4) is 0 Å². The summed E-state index contributed by atoms with van der Waals surface area (Å²) in [6.07, 6.45) is -1.88. The van der Waals surface area contributed by atoms with E-state index in [9.17, 15) is 9.59 Å². The van der Waals surface area contributed by atoms with Crippen LogP contribution in [0.4, 0.5) is 0 Å².